The second-order valence-corrected chi connectivity index (χ2v) is 7.20. The molecule has 112 valence electrons. The normalized spacial score (nSPS) is 33.6. The molecule has 0 aromatic rings. The Bertz CT molecular complexity index is 270. The van der Waals surface area contributed by atoms with Gasteiger partial charge in [0, 0.05) is 25.1 Å². The Hall–Kier alpha value is -0.120. The third-order valence-electron chi connectivity index (χ3n) is 5.21. The summed E-state index contributed by atoms with van der Waals surface area (Å²) < 4.78 is 0. The Labute approximate surface area is 118 Å². The van der Waals surface area contributed by atoms with Gasteiger partial charge in [-0.25, -0.2) is 0 Å². The zero-order valence-electron chi connectivity index (χ0n) is 12.5. The van der Waals surface area contributed by atoms with Crippen molar-refractivity contribution in [3.05, 3.63) is 0 Å². The molecule has 1 aliphatic heterocycles. The maximum absolute atomic E-state index is 10.2. The van der Waals surface area contributed by atoms with Crippen LogP contribution in [0.25, 0.3) is 0 Å². The summed E-state index contributed by atoms with van der Waals surface area (Å²) in [7, 11) is 0. The van der Waals surface area contributed by atoms with Crippen molar-refractivity contribution in [1.82, 2.24) is 4.90 Å². The van der Waals surface area contributed by atoms with Gasteiger partial charge in [0.2, 0.25) is 0 Å². The lowest BCUT2D eigenvalue weighted by Crippen LogP contribution is -2.41. The van der Waals surface area contributed by atoms with Crippen molar-refractivity contribution in [2.24, 2.45) is 5.41 Å². The summed E-state index contributed by atoms with van der Waals surface area (Å²) in [5, 5.41) is 20.1. The van der Waals surface area contributed by atoms with Gasteiger partial charge in [-0.05, 0) is 45.6 Å². The molecule has 1 unspecified atom stereocenters. The van der Waals surface area contributed by atoms with Gasteiger partial charge in [0.1, 0.15) is 0 Å². The first kappa shape index (κ1) is 15.3. The van der Waals surface area contributed by atoms with Crippen molar-refractivity contribution in [3.63, 3.8) is 0 Å². The van der Waals surface area contributed by atoms with Crippen LogP contribution in [0.2, 0.25) is 0 Å². The Balaban J connectivity index is 1.93. The predicted molar refractivity (Wildman–Crippen MR) is 78.1 cm³/mol. The van der Waals surface area contributed by atoms with Crippen LogP contribution >= 0.6 is 0 Å². The molecule has 1 saturated heterocycles. The highest BCUT2D eigenvalue weighted by atomic mass is 16.3. The van der Waals surface area contributed by atoms with Gasteiger partial charge < -0.3 is 15.1 Å². The minimum absolute atomic E-state index is 0.132. The quantitative estimate of drug-likeness (QED) is 0.774. The Morgan fingerprint density at radius 2 is 1.58 bits per heavy atom. The zero-order valence-corrected chi connectivity index (χ0v) is 12.5. The van der Waals surface area contributed by atoms with Crippen LogP contribution in [0.4, 0.5) is 0 Å². The standard InChI is InChI=1S/C16H31NO2/c1-15(19)7-6-11-17(12-10-15)13-16(14-18)8-4-2-3-5-9-16/h18-19H,2-14H2,1H3. The molecule has 0 amide bonds. The van der Waals surface area contributed by atoms with Gasteiger partial charge in [-0.15, -0.1) is 0 Å². The average Bonchev–Trinajstić information content (AvgIpc) is 2.70. The smallest absolute Gasteiger partial charge is 0.0632 e. The molecular formula is C16H31NO2. The van der Waals surface area contributed by atoms with Crippen LogP contribution in [0.5, 0.6) is 0 Å². The molecule has 1 aliphatic carbocycles. The number of hydrogen-bond acceptors (Lipinski definition) is 3. The van der Waals surface area contributed by atoms with E-state index in [0.717, 1.165) is 38.9 Å². The van der Waals surface area contributed by atoms with Crippen LogP contribution in [0.3, 0.4) is 0 Å². The number of aliphatic hydroxyl groups is 2. The Morgan fingerprint density at radius 3 is 2.21 bits per heavy atom. The average molecular weight is 269 g/mol. The Kier molecular flexibility index (Phi) is 5.27. The van der Waals surface area contributed by atoms with E-state index in [1.807, 2.05) is 6.92 Å². The lowest BCUT2D eigenvalue weighted by molar-refractivity contribution is 0.0359. The first-order valence-corrected chi connectivity index (χ1v) is 8.11. The topological polar surface area (TPSA) is 43.7 Å². The lowest BCUT2D eigenvalue weighted by Gasteiger charge is -2.36. The van der Waals surface area contributed by atoms with Crippen molar-refractivity contribution in [2.45, 2.75) is 70.3 Å². The molecule has 0 radical (unpaired) electrons. The Morgan fingerprint density at radius 1 is 0.895 bits per heavy atom. The fourth-order valence-corrected chi connectivity index (χ4v) is 3.80. The molecule has 1 heterocycles. The molecule has 3 nitrogen and oxygen atoms in total. The number of rotatable bonds is 3. The van der Waals surface area contributed by atoms with Gasteiger partial charge in [-0.2, -0.15) is 0 Å². The van der Waals surface area contributed by atoms with Crippen LogP contribution in [-0.4, -0.2) is 47.0 Å². The molecular weight excluding hydrogens is 238 g/mol. The monoisotopic (exact) mass is 269 g/mol. The van der Waals surface area contributed by atoms with Crippen LogP contribution in [0.1, 0.15) is 64.7 Å². The van der Waals surface area contributed by atoms with Gasteiger partial charge >= 0.3 is 0 Å². The SMILES string of the molecule is CC1(O)CCCN(CC2(CO)CCCCCC2)CC1. The van der Waals surface area contributed by atoms with E-state index in [1.54, 1.807) is 0 Å². The summed E-state index contributed by atoms with van der Waals surface area (Å²) in [5.74, 6) is 0. The molecule has 1 saturated carbocycles. The summed E-state index contributed by atoms with van der Waals surface area (Å²) in [4.78, 5) is 2.49. The highest BCUT2D eigenvalue weighted by Crippen LogP contribution is 2.36. The first-order valence-electron chi connectivity index (χ1n) is 8.11. The highest BCUT2D eigenvalue weighted by Gasteiger charge is 2.34. The molecule has 2 fully saturated rings. The molecule has 0 aromatic heterocycles. The van der Waals surface area contributed by atoms with Crippen molar-refractivity contribution >= 4 is 0 Å². The number of nitrogens with zero attached hydrogens (tertiary/aromatic N) is 1. The van der Waals surface area contributed by atoms with E-state index >= 15 is 0 Å². The van der Waals surface area contributed by atoms with E-state index in [2.05, 4.69) is 4.90 Å². The molecule has 3 heteroatoms. The second-order valence-electron chi connectivity index (χ2n) is 7.20. The van der Waals surface area contributed by atoms with E-state index in [0.29, 0.717) is 6.61 Å². The molecule has 2 rings (SSSR count). The van der Waals surface area contributed by atoms with Gasteiger partial charge in [-0.3, -0.25) is 0 Å². The van der Waals surface area contributed by atoms with Crippen molar-refractivity contribution < 1.29 is 10.2 Å². The molecule has 0 spiro atoms. The van der Waals surface area contributed by atoms with Crippen LogP contribution < -0.4 is 0 Å². The van der Waals surface area contributed by atoms with Crippen LogP contribution in [-0.2, 0) is 0 Å². The summed E-state index contributed by atoms with van der Waals surface area (Å²) in [6.45, 7) is 5.39. The summed E-state index contributed by atoms with van der Waals surface area (Å²) >= 11 is 0. The third kappa shape index (κ3) is 4.44. The molecule has 0 bridgehead atoms. The summed E-state index contributed by atoms with van der Waals surface area (Å²) in [6, 6.07) is 0. The first-order chi connectivity index (χ1) is 9.05. The lowest BCUT2D eigenvalue weighted by atomic mass is 9.80. The summed E-state index contributed by atoms with van der Waals surface area (Å²) in [5.41, 5.74) is -0.350. The zero-order chi connectivity index (χ0) is 13.8. The van der Waals surface area contributed by atoms with Gasteiger partial charge in [-0.1, -0.05) is 25.7 Å². The van der Waals surface area contributed by atoms with Gasteiger partial charge in [0.05, 0.1) is 5.60 Å². The minimum atomic E-state index is -0.482. The van der Waals surface area contributed by atoms with E-state index in [4.69, 9.17) is 0 Å². The number of aliphatic hydroxyl groups excluding tert-OH is 1. The van der Waals surface area contributed by atoms with E-state index in [1.165, 1.54) is 38.5 Å². The fraction of sp³-hybridized carbons (Fsp3) is 1.00. The van der Waals surface area contributed by atoms with Gasteiger partial charge in [0.15, 0.2) is 0 Å². The fourth-order valence-electron chi connectivity index (χ4n) is 3.80. The van der Waals surface area contributed by atoms with E-state index in [9.17, 15) is 10.2 Å². The highest BCUT2D eigenvalue weighted by molar-refractivity contribution is 4.87. The molecule has 1 atom stereocenters. The van der Waals surface area contributed by atoms with Crippen molar-refractivity contribution in [2.75, 3.05) is 26.2 Å². The van der Waals surface area contributed by atoms with E-state index < -0.39 is 5.60 Å². The maximum Gasteiger partial charge on any atom is 0.0632 e. The maximum atomic E-state index is 10.2. The minimum Gasteiger partial charge on any atom is -0.396 e. The predicted octanol–water partition coefficient (Wildman–Crippen LogP) is 2.56. The third-order valence-corrected chi connectivity index (χ3v) is 5.21. The summed E-state index contributed by atoms with van der Waals surface area (Å²) in [6.07, 6.45) is 10.4. The largest absolute Gasteiger partial charge is 0.396 e. The second kappa shape index (κ2) is 6.55. The molecule has 19 heavy (non-hydrogen) atoms. The van der Waals surface area contributed by atoms with E-state index in [-0.39, 0.29) is 5.41 Å². The number of likely N-dealkylation sites (tertiary alicyclic amines) is 1. The molecule has 0 aromatic carbocycles. The molecule has 2 aliphatic rings. The van der Waals surface area contributed by atoms with Crippen molar-refractivity contribution in [3.8, 4) is 0 Å². The van der Waals surface area contributed by atoms with Crippen LogP contribution in [0, 0.1) is 5.41 Å². The molecule has 2 N–H and O–H groups in total. The van der Waals surface area contributed by atoms with Crippen molar-refractivity contribution in [1.29, 1.82) is 0 Å². The van der Waals surface area contributed by atoms with Gasteiger partial charge in [0.25, 0.3) is 0 Å². The van der Waals surface area contributed by atoms with Crippen LogP contribution in [0.15, 0.2) is 0 Å². The number of hydrogen-bond donors (Lipinski definition) is 2.